The van der Waals surface area contributed by atoms with Gasteiger partial charge in [0.1, 0.15) is 5.82 Å². The van der Waals surface area contributed by atoms with Crippen LogP contribution in [-0.4, -0.2) is 16.0 Å². The van der Waals surface area contributed by atoms with Gasteiger partial charge in [-0.05, 0) is 43.9 Å². The average molecular weight is 411 g/mol. The Morgan fingerprint density at radius 3 is 2.36 bits per heavy atom. The highest BCUT2D eigenvalue weighted by Gasteiger charge is 2.31. The van der Waals surface area contributed by atoms with Crippen LogP contribution in [0, 0.1) is 0 Å². The molecule has 0 spiro atoms. The summed E-state index contributed by atoms with van der Waals surface area (Å²) in [6, 6.07) is 5.49. The SMILES string of the molecule is FC(F)(F)c1ccc(Nc2cc(C3CC3)nc(NC3CCCCC3)n2)c(Cl)c1. The molecule has 0 radical (unpaired) electrons. The highest BCUT2D eigenvalue weighted by molar-refractivity contribution is 6.33. The largest absolute Gasteiger partial charge is 0.416 e. The van der Waals surface area contributed by atoms with E-state index in [-0.39, 0.29) is 5.02 Å². The number of rotatable bonds is 5. The fourth-order valence-corrected chi connectivity index (χ4v) is 3.77. The molecular formula is C20H22ClF3N4. The van der Waals surface area contributed by atoms with Crippen molar-refractivity contribution in [3.05, 3.63) is 40.5 Å². The van der Waals surface area contributed by atoms with Crippen LogP contribution in [0.2, 0.25) is 5.02 Å². The van der Waals surface area contributed by atoms with E-state index in [0.717, 1.165) is 43.5 Å². The number of anilines is 3. The molecule has 0 saturated heterocycles. The van der Waals surface area contributed by atoms with Crippen molar-refractivity contribution >= 4 is 29.1 Å². The number of benzene rings is 1. The van der Waals surface area contributed by atoms with E-state index in [9.17, 15) is 13.2 Å². The molecule has 1 heterocycles. The Labute approximate surface area is 166 Å². The van der Waals surface area contributed by atoms with Crippen molar-refractivity contribution in [1.29, 1.82) is 0 Å². The minimum absolute atomic E-state index is 0.00296. The molecule has 2 aliphatic carbocycles. The van der Waals surface area contributed by atoms with Gasteiger partial charge in [-0.1, -0.05) is 30.9 Å². The zero-order valence-corrected chi connectivity index (χ0v) is 16.1. The Balaban J connectivity index is 1.56. The molecule has 28 heavy (non-hydrogen) atoms. The Kier molecular flexibility index (Phi) is 5.36. The molecule has 0 aliphatic heterocycles. The van der Waals surface area contributed by atoms with E-state index in [4.69, 9.17) is 11.6 Å². The number of nitrogens with zero attached hydrogens (tertiary/aromatic N) is 2. The lowest BCUT2D eigenvalue weighted by Gasteiger charge is -2.23. The van der Waals surface area contributed by atoms with E-state index in [0.29, 0.717) is 29.4 Å². The molecule has 2 N–H and O–H groups in total. The summed E-state index contributed by atoms with van der Waals surface area (Å²) in [5.41, 5.74) is 0.571. The molecule has 2 saturated carbocycles. The van der Waals surface area contributed by atoms with Gasteiger partial charge in [-0.15, -0.1) is 0 Å². The van der Waals surface area contributed by atoms with E-state index in [1.54, 1.807) is 0 Å². The zero-order chi connectivity index (χ0) is 19.7. The van der Waals surface area contributed by atoms with Crippen molar-refractivity contribution in [3.8, 4) is 0 Å². The van der Waals surface area contributed by atoms with Crippen molar-refractivity contribution in [2.75, 3.05) is 10.6 Å². The molecule has 8 heteroatoms. The third-order valence-electron chi connectivity index (χ3n) is 5.24. The lowest BCUT2D eigenvalue weighted by molar-refractivity contribution is -0.137. The molecule has 1 aromatic heterocycles. The standard InChI is InChI=1S/C20H22ClF3N4/c21-15-10-13(20(22,23)24)8-9-16(15)26-18-11-17(12-6-7-12)27-19(28-18)25-14-4-2-1-3-5-14/h8-12,14H,1-7H2,(H2,25,26,27,28). The van der Waals surface area contributed by atoms with Crippen molar-refractivity contribution in [3.63, 3.8) is 0 Å². The van der Waals surface area contributed by atoms with E-state index in [1.807, 2.05) is 6.07 Å². The molecule has 4 nitrogen and oxygen atoms in total. The predicted molar refractivity (Wildman–Crippen MR) is 104 cm³/mol. The molecule has 1 aromatic carbocycles. The number of hydrogen-bond acceptors (Lipinski definition) is 4. The first-order valence-electron chi connectivity index (χ1n) is 9.68. The van der Waals surface area contributed by atoms with Gasteiger partial charge in [0.2, 0.25) is 5.95 Å². The average Bonchev–Trinajstić information content (AvgIpc) is 3.48. The van der Waals surface area contributed by atoms with Crippen LogP contribution in [0.1, 0.15) is 62.1 Å². The minimum Gasteiger partial charge on any atom is -0.351 e. The first kappa shape index (κ1) is 19.3. The smallest absolute Gasteiger partial charge is 0.351 e. The summed E-state index contributed by atoms with van der Waals surface area (Å²) >= 11 is 6.07. The topological polar surface area (TPSA) is 49.8 Å². The third kappa shape index (κ3) is 4.69. The number of hydrogen-bond donors (Lipinski definition) is 2. The molecule has 0 atom stereocenters. The van der Waals surface area contributed by atoms with E-state index < -0.39 is 11.7 Å². The van der Waals surface area contributed by atoms with Crippen LogP contribution in [0.3, 0.4) is 0 Å². The summed E-state index contributed by atoms with van der Waals surface area (Å²) in [7, 11) is 0. The van der Waals surface area contributed by atoms with Crippen molar-refractivity contribution in [1.82, 2.24) is 9.97 Å². The van der Waals surface area contributed by atoms with Crippen molar-refractivity contribution in [2.24, 2.45) is 0 Å². The molecule has 0 bridgehead atoms. The summed E-state index contributed by atoms with van der Waals surface area (Å²) in [5.74, 6) is 1.54. The molecule has 150 valence electrons. The van der Waals surface area contributed by atoms with Gasteiger partial charge >= 0.3 is 6.18 Å². The summed E-state index contributed by atoms with van der Waals surface area (Å²) < 4.78 is 38.5. The third-order valence-corrected chi connectivity index (χ3v) is 5.55. The van der Waals surface area contributed by atoms with Crippen LogP contribution in [0.4, 0.5) is 30.6 Å². The maximum atomic E-state index is 12.8. The molecular weight excluding hydrogens is 389 g/mol. The Bertz CT molecular complexity index is 846. The number of nitrogens with one attached hydrogen (secondary N) is 2. The monoisotopic (exact) mass is 410 g/mol. The number of alkyl halides is 3. The zero-order valence-electron chi connectivity index (χ0n) is 15.3. The minimum atomic E-state index is -4.42. The number of halogens is 4. The van der Waals surface area contributed by atoms with E-state index in [2.05, 4.69) is 20.6 Å². The normalized spacial score (nSPS) is 18.1. The molecule has 2 fully saturated rings. The van der Waals surface area contributed by atoms with Gasteiger partial charge in [0.25, 0.3) is 0 Å². The first-order valence-corrected chi connectivity index (χ1v) is 10.1. The summed E-state index contributed by atoms with van der Waals surface area (Å²) in [6.45, 7) is 0. The second-order valence-electron chi connectivity index (χ2n) is 7.57. The highest BCUT2D eigenvalue weighted by Crippen LogP contribution is 2.41. The molecule has 2 aliphatic rings. The fraction of sp³-hybridized carbons (Fsp3) is 0.500. The maximum Gasteiger partial charge on any atom is 0.416 e. The highest BCUT2D eigenvalue weighted by atomic mass is 35.5. The second-order valence-corrected chi connectivity index (χ2v) is 7.98. The lowest BCUT2D eigenvalue weighted by atomic mass is 9.96. The van der Waals surface area contributed by atoms with Gasteiger partial charge in [-0.3, -0.25) is 0 Å². The lowest BCUT2D eigenvalue weighted by Crippen LogP contribution is -2.23. The quantitative estimate of drug-likeness (QED) is 0.589. The van der Waals surface area contributed by atoms with Crippen LogP contribution >= 0.6 is 11.6 Å². The van der Waals surface area contributed by atoms with Gasteiger partial charge in [-0.25, -0.2) is 4.98 Å². The first-order chi connectivity index (χ1) is 13.4. The van der Waals surface area contributed by atoms with Gasteiger partial charge in [0.05, 0.1) is 22.0 Å². The van der Waals surface area contributed by atoms with Gasteiger partial charge in [-0.2, -0.15) is 18.2 Å². The van der Waals surface area contributed by atoms with Crippen LogP contribution < -0.4 is 10.6 Å². The van der Waals surface area contributed by atoms with Crippen LogP contribution in [0.5, 0.6) is 0 Å². The molecule has 0 unspecified atom stereocenters. The Morgan fingerprint density at radius 2 is 1.71 bits per heavy atom. The van der Waals surface area contributed by atoms with E-state index in [1.165, 1.54) is 25.3 Å². The van der Waals surface area contributed by atoms with Crippen molar-refractivity contribution < 1.29 is 13.2 Å². The van der Waals surface area contributed by atoms with E-state index >= 15 is 0 Å². The fourth-order valence-electron chi connectivity index (χ4n) is 3.54. The van der Waals surface area contributed by atoms with Gasteiger partial charge in [0.15, 0.2) is 0 Å². The van der Waals surface area contributed by atoms with Crippen molar-refractivity contribution in [2.45, 2.75) is 63.1 Å². The van der Waals surface area contributed by atoms with Crippen LogP contribution in [0.25, 0.3) is 0 Å². The Morgan fingerprint density at radius 1 is 0.964 bits per heavy atom. The van der Waals surface area contributed by atoms with Gasteiger partial charge < -0.3 is 10.6 Å². The predicted octanol–water partition coefficient (Wildman–Crippen LogP) is 6.51. The summed E-state index contributed by atoms with van der Waals surface area (Å²) in [4.78, 5) is 9.19. The maximum absolute atomic E-state index is 12.8. The second kappa shape index (κ2) is 7.78. The summed E-state index contributed by atoms with van der Waals surface area (Å²) in [5, 5.41) is 6.49. The molecule has 2 aromatic rings. The summed E-state index contributed by atoms with van der Waals surface area (Å²) in [6.07, 6.45) is 3.64. The Hall–Kier alpha value is -2.02. The molecule has 0 amide bonds. The van der Waals surface area contributed by atoms with Gasteiger partial charge in [0, 0.05) is 18.0 Å². The molecule has 4 rings (SSSR count). The van der Waals surface area contributed by atoms with Crippen LogP contribution in [0.15, 0.2) is 24.3 Å². The number of aromatic nitrogens is 2. The van der Waals surface area contributed by atoms with Crippen LogP contribution in [-0.2, 0) is 6.18 Å².